The molecule has 2 N–H and O–H groups in total. The minimum atomic E-state index is -0.501. The molecule has 6 nitrogen and oxygen atoms in total. The third kappa shape index (κ3) is 2.61. The molecular formula is C30H34N2O4. The number of fused-ring (bicyclic) bond motifs is 2. The van der Waals surface area contributed by atoms with Crippen molar-refractivity contribution in [2.75, 3.05) is 27.2 Å². The van der Waals surface area contributed by atoms with E-state index >= 15 is 0 Å². The lowest BCUT2D eigenvalue weighted by atomic mass is 9.35. The number of rotatable bonds is 5. The Morgan fingerprint density at radius 2 is 2.06 bits per heavy atom. The van der Waals surface area contributed by atoms with Crippen molar-refractivity contribution in [2.24, 2.45) is 11.3 Å². The first-order valence-electron chi connectivity index (χ1n) is 13.2. The molecule has 2 spiro atoms. The summed E-state index contributed by atoms with van der Waals surface area (Å²) in [5.74, 6) is 0.973. The summed E-state index contributed by atoms with van der Waals surface area (Å²) >= 11 is 0. The molecule has 3 saturated carbocycles. The van der Waals surface area contributed by atoms with Crippen LogP contribution < -0.4 is 10.1 Å². The smallest absolute Gasteiger partial charge is 0.244 e. The van der Waals surface area contributed by atoms with Crippen molar-refractivity contribution in [2.45, 2.75) is 55.3 Å². The highest BCUT2D eigenvalue weighted by Gasteiger charge is 2.80. The fourth-order valence-electron chi connectivity index (χ4n) is 9.09. The van der Waals surface area contributed by atoms with Crippen molar-refractivity contribution in [1.82, 2.24) is 10.2 Å². The number of aromatic hydroxyl groups is 1. The zero-order valence-electron chi connectivity index (χ0n) is 21.0. The predicted molar refractivity (Wildman–Crippen MR) is 137 cm³/mol. The van der Waals surface area contributed by atoms with Gasteiger partial charge in [-0.15, -0.1) is 0 Å². The van der Waals surface area contributed by atoms with Crippen molar-refractivity contribution in [3.05, 3.63) is 65.2 Å². The Morgan fingerprint density at radius 1 is 1.22 bits per heavy atom. The van der Waals surface area contributed by atoms with Crippen molar-refractivity contribution < 1.29 is 19.4 Å². The van der Waals surface area contributed by atoms with Crippen molar-refractivity contribution in [3.63, 3.8) is 0 Å². The number of nitrogens with one attached hydrogen (secondary N) is 1. The third-order valence-electron chi connectivity index (χ3n) is 10.5. The first-order chi connectivity index (χ1) is 17.4. The summed E-state index contributed by atoms with van der Waals surface area (Å²) in [4.78, 5) is 15.4. The summed E-state index contributed by atoms with van der Waals surface area (Å²) < 4.78 is 13.2. The van der Waals surface area contributed by atoms with Gasteiger partial charge < -0.3 is 24.8 Å². The molecule has 36 heavy (non-hydrogen) atoms. The number of methoxy groups -OCH3 is 1. The second kappa shape index (κ2) is 7.59. The van der Waals surface area contributed by atoms with E-state index in [2.05, 4.69) is 23.3 Å². The molecule has 2 heterocycles. The van der Waals surface area contributed by atoms with Gasteiger partial charge in [0.25, 0.3) is 0 Å². The normalized spacial score (nSPS) is 37.6. The molecular weight excluding hydrogens is 452 g/mol. The van der Waals surface area contributed by atoms with E-state index < -0.39 is 5.60 Å². The number of phenols is 1. The van der Waals surface area contributed by atoms with Crippen LogP contribution in [0.15, 0.2) is 48.5 Å². The second-order valence-corrected chi connectivity index (χ2v) is 11.6. The first kappa shape index (κ1) is 22.4. The molecule has 6 unspecified atom stereocenters. The lowest BCUT2D eigenvalue weighted by Crippen LogP contribution is -2.81. The Bertz CT molecular complexity index is 1260. The maximum Gasteiger partial charge on any atom is 0.244 e. The molecule has 1 saturated heterocycles. The molecule has 2 aromatic rings. The van der Waals surface area contributed by atoms with E-state index in [1.165, 1.54) is 11.1 Å². The maximum atomic E-state index is 12.8. The summed E-state index contributed by atoms with van der Waals surface area (Å²) in [5, 5.41) is 14.0. The van der Waals surface area contributed by atoms with Crippen molar-refractivity contribution in [3.8, 4) is 11.5 Å². The first-order valence-corrected chi connectivity index (χ1v) is 13.2. The van der Waals surface area contributed by atoms with Gasteiger partial charge in [-0.3, -0.25) is 4.79 Å². The number of hydrogen-bond donors (Lipinski definition) is 2. The predicted octanol–water partition coefficient (Wildman–Crippen LogP) is 3.67. The molecule has 6 heteroatoms. The lowest BCUT2D eigenvalue weighted by Gasteiger charge is -2.73. The summed E-state index contributed by atoms with van der Waals surface area (Å²) in [7, 11) is 4.07. The lowest BCUT2D eigenvalue weighted by molar-refractivity contribution is -0.274. The highest BCUT2D eigenvalue weighted by atomic mass is 16.6. The van der Waals surface area contributed by atoms with Gasteiger partial charge in [0.05, 0.1) is 0 Å². The number of benzene rings is 2. The molecule has 0 radical (unpaired) electrons. The van der Waals surface area contributed by atoms with Gasteiger partial charge in [-0.1, -0.05) is 36.4 Å². The fourth-order valence-corrected chi connectivity index (χ4v) is 9.09. The summed E-state index contributed by atoms with van der Waals surface area (Å²) in [6, 6.07) is 14.2. The van der Waals surface area contributed by atoms with E-state index in [-0.39, 0.29) is 34.5 Å². The van der Waals surface area contributed by atoms with Crippen LogP contribution in [0.2, 0.25) is 0 Å². The average molecular weight is 487 g/mol. The largest absolute Gasteiger partial charge is 0.504 e. The number of nitrogens with zero attached hydrogens (tertiary/aromatic N) is 1. The Hall–Kier alpha value is -2.83. The van der Waals surface area contributed by atoms with Crippen LogP contribution in [0.5, 0.6) is 11.5 Å². The van der Waals surface area contributed by atoms with Gasteiger partial charge in [0.15, 0.2) is 11.5 Å². The molecule has 6 aliphatic rings. The van der Waals surface area contributed by atoms with E-state index in [1.807, 2.05) is 43.5 Å². The molecule has 4 aliphatic carbocycles. The number of piperidine rings is 1. The van der Waals surface area contributed by atoms with Crippen LogP contribution >= 0.6 is 0 Å². The van der Waals surface area contributed by atoms with Crippen molar-refractivity contribution in [1.29, 1.82) is 0 Å². The Balaban J connectivity index is 1.25. The standard InChI is InChI=1S/C30H34N2O4/c1-32-15-14-29-25-20-9-10-22(33)26(25)36-27(29)30(35-2)13-12-28(29,23(32)16-20)17-21(30)18-31-24(34)11-8-19-6-4-3-5-7-19/h3-11,21,23,27,33H,12-18H2,1-2H3,(H,31,34). The molecule has 0 aromatic heterocycles. The number of amides is 1. The number of hydrogen-bond acceptors (Lipinski definition) is 5. The molecule has 1 amide bonds. The number of phenolic OH excluding ortho intramolecular Hbond substituents is 1. The molecule has 2 aliphatic heterocycles. The van der Waals surface area contributed by atoms with Crippen LogP contribution in [0.25, 0.3) is 6.08 Å². The molecule has 4 fully saturated rings. The van der Waals surface area contributed by atoms with Crippen LogP contribution in [0, 0.1) is 11.3 Å². The van der Waals surface area contributed by atoms with E-state index in [1.54, 1.807) is 12.1 Å². The molecule has 4 bridgehead atoms. The highest BCUT2D eigenvalue weighted by molar-refractivity contribution is 5.91. The minimum Gasteiger partial charge on any atom is -0.504 e. The number of ether oxygens (including phenoxy) is 2. The quantitative estimate of drug-likeness (QED) is 0.631. The average Bonchev–Trinajstić information content (AvgIpc) is 3.28. The number of likely N-dealkylation sites (N-methyl/N-ethyl adjacent to an activating group) is 1. The monoisotopic (exact) mass is 486 g/mol. The van der Waals surface area contributed by atoms with Crippen molar-refractivity contribution >= 4 is 12.0 Å². The van der Waals surface area contributed by atoms with E-state index in [4.69, 9.17) is 9.47 Å². The fraction of sp³-hybridized carbons (Fsp3) is 0.500. The molecule has 6 atom stereocenters. The summed E-state index contributed by atoms with van der Waals surface area (Å²) in [6.45, 7) is 1.57. The molecule has 8 rings (SSSR count). The van der Waals surface area contributed by atoms with Gasteiger partial charge >= 0.3 is 0 Å². The van der Waals surface area contributed by atoms with Crippen LogP contribution in [-0.4, -0.2) is 60.9 Å². The SMILES string of the molecule is COC12CCC3(CC1CNC(=O)C=Cc1ccccc1)C1Cc4ccc(O)c5c4C3(CCN1C)C2O5. The Kier molecular flexibility index (Phi) is 4.72. The highest BCUT2D eigenvalue weighted by Crippen LogP contribution is 2.76. The third-order valence-corrected chi connectivity index (χ3v) is 10.5. The van der Waals surface area contributed by atoms with E-state index in [0.717, 1.165) is 44.2 Å². The molecule has 188 valence electrons. The zero-order valence-corrected chi connectivity index (χ0v) is 21.0. The van der Waals surface area contributed by atoms with Crippen LogP contribution in [-0.2, 0) is 21.4 Å². The zero-order chi connectivity index (χ0) is 24.7. The van der Waals surface area contributed by atoms with Gasteiger partial charge in [-0.25, -0.2) is 0 Å². The maximum absolute atomic E-state index is 12.8. The number of likely N-dealkylation sites (tertiary alicyclic amines) is 1. The van der Waals surface area contributed by atoms with Gasteiger partial charge in [0.2, 0.25) is 5.91 Å². The topological polar surface area (TPSA) is 71.0 Å². The van der Waals surface area contributed by atoms with Gasteiger partial charge in [-0.05, 0) is 69.0 Å². The van der Waals surface area contributed by atoms with Crippen LogP contribution in [0.1, 0.15) is 42.4 Å². The second-order valence-electron chi connectivity index (χ2n) is 11.6. The van der Waals surface area contributed by atoms with Gasteiger partial charge in [-0.2, -0.15) is 0 Å². The minimum absolute atomic E-state index is 0.0479. The van der Waals surface area contributed by atoms with Gasteiger partial charge in [0, 0.05) is 48.1 Å². The number of carbonyl (C=O) groups excluding carboxylic acids is 1. The van der Waals surface area contributed by atoms with Crippen LogP contribution in [0.4, 0.5) is 0 Å². The summed E-state index contributed by atoms with van der Waals surface area (Å²) in [6.07, 6.45) is 8.29. The molecule has 2 aromatic carbocycles. The Morgan fingerprint density at radius 3 is 2.86 bits per heavy atom. The van der Waals surface area contributed by atoms with Crippen LogP contribution in [0.3, 0.4) is 0 Å². The van der Waals surface area contributed by atoms with Gasteiger partial charge in [0.1, 0.15) is 11.7 Å². The summed E-state index contributed by atoms with van der Waals surface area (Å²) in [5.41, 5.74) is 2.98. The Labute approximate surface area is 212 Å². The number of carbonyl (C=O) groups is 1. The van der Waals surface area contributed by atoms with E-state index in [0.29, 0.717) is 18.3 Å². The van der Waals surface area contributed by atoms with E-state index in [9.17, 15) is 9.90 Å².